The van der Waals surface area contributed by atoms with Gasteiger partial charge in [-0.05, 0) is 36.6 Å². The largest absolute Gasteiger partial charge is 0.462 e. The molecule has 2 rings (SSSR count). The van der Waals surface area contributed by atoms with Gasteiger partial charge in [-0.15, -0.1) is 11.3 Å². The summed E-state index contributed by atoms with van der Waals surface area (Å²) in [5.74, 6) is -0.799. The number of amides is 1. The van der Waals surface area contributed by atoms with Gasteiger partial charge in [0.2, 0.25) is 0 Å². The van der Waals surface area contributed by atoms with E-state index >= 15 is 0 Å². The second-order valence-corrected chi connectivity index (χ2v) is 6.26. The van der Waals surface area contributed by atoms with Crippen LogP contribution in [0.3, 0.4) is 0 Å². The molecule has 1 amide bonds. The van der Waals surface area contributed by atoms with Crippen LogP contribution in [-0.4, -0.2) is 18.5 Å². The summed E-state index contributed by atoms with van der Waals surface area (Å²) < 4.78 is 5.65. The fourth-order valence-corrected chi connectivity index (χ4v) is 3.27. The van der Waals surface area contributed by atoms with Crippen molar-refractivity contribution in [2.45, 2.75) is 6.92 Å². The average molecular weight is 389 g/mol. The van der Waals surface area contributed by atoms with E-state index in [1.807, 2.05) is 0 Å². The first-order chi connectivity index (χ1) is 10.0. The topological polar surface area (TPSA) is 55.4 Å². The number of halogens is 2. The summed E-state index contributed by atoms with van der Waals surface area (Å²) in [6, 6.07) is 6.51. The lowest BCUT2D eigenvalue weighted by molar-refractivity contribution is 0.0528. The van der Waals surface area contributed by atoms with Gasteiger partial charge in [0.05, 0.1) is 12.2 Å². The van der Waals surface area contributed by atoms with Crippen LogP contribution >= 0.6 is 38.9 Å². The Morgan fingerprint density at radius 1 is 1.38 bits per heavy atom. The Kier molecular flexibility index (Phi) is 5.39. The highest BCUT2D eigenvalue weighted by Crippen LogP contribution is 2.26. The van der Waals surface area contributed by atoms with Crippen LogP contribution in [0.2, 0.25) is 5.02 Å². The highest BCUT2D eigenvalue weighted by atomic mass is 79.9. The molecule has 4 nitrogen and oxygen atoms in total. The lowest BCUT2D eigenvalue weighted by Crippen LogP contribution is -2.14. The van der Waals surface area contributed by atoms with Crippen LogP contribution in [0.1, 0.15) is 27.6 Å². The standard InChI is InChI=1S/C14H11BrClNO3S/c1-2-20-14(19)11-3-4-21-13(11)17-12(18)8-5-9(15)7-10(16)6-8/h3-7H,2H2,1H3,(H,17,18). The van der Waals surface area contributed by atoms with Crippen molar-refractivity contribution in [1.82, 2.24) is 0 Å². The molecule has 1 aromatic carbocycles. The maximum atomic E-state index is 12.2. The molecule has 2 aromatic rings. The van der Waals surface area contributed by atoms with Crippen molar-refractivity contribution in [2.75, 3.05) is 11.9 Å². The van der Waals surface area contributed by atoms with Crippen LogP contribution in [-0.2, 0) is 4.74 Å². The zero-order valence-electron chi connectivity index (χ0n) is 11.0. The first-order valence-corrected chi connectivity index (χ1v) is 8.08. The molecule has 0 aliphatic carbocycles. The summed E-state index contributed by atoms with van der Waals surface area (Å²) in [5.41, 5.74) is 0.744. The maximum absolute atomic E-state index is 12.2. The summed E-state index contributed by atoms with van der Waals surface area (Å²) in [6.07, 6.45) is 0. The molecule has 0 radical (unpaired) electrons. The average Bonchev–Trinajstić information content (AvgIpc) is 2.86. The molecule has 0 unspecified atom stereocenters. The van der Waals surface area contributed by atoms with E-state index in [9.17, 15) is 9.59 Å². The number of rotatable bonds is 4. The molecule has 1 aromatic heterocycles. The molecule has 0 fully saturated rings. The molecule has 0 bridgehead atoms. The van der Waals surface area contributed by atoms with E-state index < -0.39 is 5.97 Å². The maximum Gasteiger partial charge on any atom is 0.341 e. The van der Waals surface area contributed by atoms with E-state index in [0.29, 0.717) is 25.6 Å². The highest BCUT2D eigenvalue weighted by molar-refractivity contribution is 9.10. The number of esters is 1. The van der Waals surface area contributed by atoms with Crippen molar-refractivity contribution < 1.29 is 14.3 Å². The van der Waals surface area contributed by atoms with E-state index in [4.69, 9.17) is 16.3 Å². The number of hydrogen-bond acceptors (Lipinski definition) is 4. The van der Waals surface area contributed by atoms with Gasteiger partial charge in [0.25, 0.3) is 5.91 Å². The van der Waals surface area contributed by atoms with Crippen molar-refractivity contribution in [3.63, 3.8) is 0 Å². The number of hydrogen-bond donors (Lipinski definition) is 1. The molecule has 1 heterocycles. The number of carbonyl (C=O) groups is 2. The van der Waals surface area contributed by atoms with Gasteiger partial charge in [-0.1, -0.05) is 27.5 Å². The van der Waals surface area contributed by atoms with Crippen LogP contribution in [0.25, 0.3) is 0 Å². The van der Waals surface area contributed by atoms with Gasteiger partial charge >= 0.3 is 5.97 Å². The smallest absolute Gasteiger partial charge is 0.341 e. The van der Waals surface area contributed by atoms with E-state index in [-0.39, 0.29) is 12.5 Å². The number of benzene rings is 1. The molecule has 0 saturated heterocycles. The predicted molar refractivity (Wildman–Crippen MR) is 87.4 cm³/mol. The first-order valence-electron chi connectivity index (χ1n) is 6.03. The van der Waals surface area contributed by atoms with Crippen molar-refractivity contribution in [2.24, 2.45) is 0 Å². The van der Waals surface area contributed by atoms with E-state index in [1.54, 1.807) is 36.6 Å². The molecular weight excluding hydrogens is 378 g/mol. The second kappa shape index (κ2) is 7.06. The molecule has 110 valence electrons. The minimum absolute atomic E-state index is 0.281. The minimum atomic E-state index is -0.457. The molecule has 1 N–H and O–H groups in total. The van der Waals surface area contributed by atoms with Crippen LogP contribution in [0, 0.1) is 0 Å². The number of carbonyl (C=O) groups excluding carboxylic acids is 2. The van der Waals surface area contributed by atoms with Gasteiger partial charge in [-0.2, -0.15) is 0 Å². The molecule has 0 aliphatic rings. The van der Waals surface area contributed by atoms with Gasteiger partial charge < -0.3 is 10.1 Å². The molecule has 7 heteroatoms. The zero-order chi connectivity index (χ0) is 15.4. The van der Waals surface area contributed by atoms with Gasteiger partial charge in [0, 0.05) is 15.1 Å². The van der Waals surface area contributed by atoms with Gasteiger partial charge in [-0.25, -0.2) is 4.79 Å². The van der Waals surface area contributed by atoms with E-state index in [2.05, 4.69) is 21.2 Å². The Labute approximate surface area is 139 Å². The van der Waals surface area contributed by atoms with Crippen LogP contribution in [0.5, 0.6) is 0 Å². The summed E-state index contributed by atoms with van der Waals surface area (Å²) in [5, 5.41) is 5.32. The van der Waals surface area contributed by atoms with Crippen LogP contribution < -0.4 is 5.32 Å². The summed E-state index contributed by atoms with van der Waals surface area (Å²) in [4.78, 5) is 24.0. The number of anilines is 1. The van der Waals surface area contributed by atoms with Gasteiger partial charge in [0.1, 0.15) is 5.00 Å². The third kappa shape index (κ3) is 4.06. The Balaban J connectivity index is 2.20. The second-order valence-electron chi connectivity index (χ2n) is 4.00. The molecule has 0 saturated carbocycles. The Morgan fingerprint density at radius 2 is 2.14 bits per heavy atom. The SMILES string of the molecule is CCOC(=O)c1ccsc1NC(=O)c1cc(Cl)cc(Br)c1. The quantitative estimate of drug-likeness (QED) is 0.779. The summed E-state index contributed by atoms with van der Waals surface area (Å²) in [7, 11) is 0. The highest BCUT2D eigenvalue weighted by Gasteiger charge is 2.17. The Bertz CT molecular complexity index is 666. The summed E-state index contributed by atoms with van der Waals surface area (Å²) >= 11 is 10.5. The van der Waals surface area contributed by atoms with Gasteiger partial charge in [0.15, 0.2) is 0 Å². The summed E-state index contributed by atoms with van der Waals surface area (Å²) in [6.45, 7) is 2.01. The molecular formula is C14H11BrClNO3S. The fourth-order valence-electron chi connectivity index (χ4n) is 1.64. The molecule has 0 atom stereocenters. The third-order valence-corrected chi connectivity index (χ3v) is 4.02. The third-order valence-electron chi connectivity index (χ3n) is 2.51. The minimum Gasteiger partial charge on any atom is -0.462 e. The predicted octanol–water partition coefficient (Wildman–Crippen LogP) is 4.59. The molecule has 21 heavy (non-hydrogen) atoms. The van der Waals surface area contributed by atoms with Gasteiger partial charge in [-0.3, -0.25) is 4.79 Å². The van der Waals surface area contributed by atoms with Crippen molar-refractivity contribution in [3.05, 3.63) is 50.3 Å². The molecule has 0 spiro atoms. The lowest BCUT2D eigenvalue weighted by atomic mass is 10.2. The Morgan fingerprint density at radius 3 is 2.81 bits per heavy atom. The van der Waals surface area contributed by atoms with Crippen LogP contribution in [0.4, 0.5) is 5.00 Å². The van der Waals surface area contributed by atoms with Crippen LogP contribution in [0.15, 0.2) is 34.1 Å². The zero-order valence-corrected chi connectivity index (χ0v) is 14.1. The lowest BCUT2D eigenvalue weighted by Gasteiger charge is -2.07. The Hall–Kier alpha value is -1.37. The number of ether oxygens (including phenoxy) is 1. The fraction of sp³-hybridized carbons (Fsp3) is 0.143. The van der Waals surface area contributed by atoms with Crippen molar-refractivity contribution in [3.8, 4) is 0 Å². The van der Waals surface area contributed by atoms with Crippen molar-refractivity contribution >= 4 is 55.7 Å². The normalized spacial score (nSPS) is 10.2. The number of nitrogens with one attached hydrogen (secondary N) is 1. The van der Waals surface area contributed by atoms with Crippen molar-refractivity contribution in [1.29, 1.82) is 0 Å². The monoisotopic (exact) mass is 387 g/mol. The number of thiophene rings is 1. The molecule has 0 aliphatic heterocycles. The van der Waals surface area contributed by atoms with E-state index in [1.165, 1.54) is 11.3 Å². The van der Waals surface area contributed by atoms with E-state index in [0.717, 1.165) is 0 Å². The first kappa shape index (κ1) is 16.0.